The zero-order chi connectivity index (χ0) is 19.2. The summed E-state index contributed by atoms with van der Waals surface area (Å²) in [6, 6.07) is 0. The quantitative estimate of drug-likeness (QED) is 0.782. The molecule has 1 saturated heterocycles. The first-order valence-electron chi connectivity index (χ1n) is 8.97. The van der Waals surface area contributed by atoms with Crippen LogP contribution < -0.4 is 5.73 Å². The van der Waals surface area contributed by atoms with Crippen molar-refractivity contribution in [3.8, 4) is 0 Å². The van der Waals surface area contributed by atoms with E-state index in [9.17, 15) is 14.4 Å². The third kappa shape index (κ3) is 9.36. The summed E-state index contributed by atoms with van der Waals surface area (Å²) in [5.41, 5.74) is 5.02. The second kappa shape index (κ2) is 15.5. The largest absolute Gasteiger partial charge is 0.370 e. The van der Waals surface area contributed by atoms with Gasteiger partial charge < -0.3 is 5.73 Å². The summed E-state index contributed by atoms with van der Waals surface area (Å²) < 4.78 is 0. The molecule has 0 aromatic heterocycles. The molecule has 0 aliphatic carbocycles. The lowest BCUT2D eigenvalue weighted by Gasteiger charge is -2.21. The number of hydrogen-bond donors (Lipinski definition) is 1. The van der Waals surface area contributed by atoms with Gasteiger partial charge in [0.25, 0.3) is 0 Å². The number of rotatable bonds is 5. The molecule has 0 aromatic carbocycles. The van der Waals surface area contributed by atoms with Gasteiger partial charge in [0.05, 0.1) is 5.92 Å². The molecule has 0 bridgehead atoms. The Balaban J connectivity index is -0.000000595. The summed E-state index contributed by atoms with van der Waals surface area (Å²) in [4.78, 5) is 35.6. The smallest absolute Gasteiger partial charge is 0.233 e. The number of imide groups is 1. The van der Waals surface area contributed by atoms with Gasteiger partial charge in [-0.25, -0.2) is 0 Å². The van der Waals surface area contributed by atoms with E-state index < -0.39 is 5.91 Å². The van der Waals surface area contributed by atoms with E-state index in [1.807, 2.05) is 62.3 Å². The van der Waals surface area contributed by atoms with Crippen LogP contribution in [-0.4, -0.2) is 29.2 Å². The van der Waals surface area contributed by atoms with Gasteiger partial charge in [-0.2, -0.15) is 0 Å². The van der Waals surface area contributed by atoms with Crippen LogP contribution in [0.4, 0.5) is 0 Å². The Morgan fingerprint density at radius 2 is 1.52 bits per heavy atom. The molecule has 0 saturated carbocycles. The van der Waals surface area contributed by atoms with Crippen LogP contribution in [0.2, 0.25) is 0 Å². The number of hydrogen-bond acceptors (Lipinski definition) is 3. The number of amides is 3. The van der Waals surface area contributed by atoms with Crippen molar-refractivity contribution in [3.05, 3.63) is 0 Å². The van der Waals surface area contributed by atoms with Crippen molar-refractivity contribution in [2.75, 3.05) is 6.54 Å². The Kier molecular flexibility index (Phi) is 17.9. The van der Waals surface area contributed by atoms with Crippen LogP contribution in [0.5, 0.6) is 0 Å². The van der Waals surface area contributed by atoms with Crippen LogP contribution in [0.1, 0.15) is 75.2 Å². The number of primary amides is 1. The van der Waals surface area contributed by atoms with Crippen molar-refractivity contribution in [1.29, 1.82) is 0 Å². The SMILES string of the molecule is CC.CC.CC.CC(C)C(C)C1CC(=O)N(CCC(N)=O)C1=O. The third-order valence-electron chi connectivity index (χ3n) is 3.55. The Morgan fingerprint density at radius 1 is 1.09 bits per heavy atom. The molecule has 2 N–H and O–H groups in total. The van der Waals surface area contributed by atoms with E-state index in [2.05, 4.69) is 0 Å². The molecule has 1 aliphatic rings. The Bertz CT molecular complexity index is 341. The Morgan fingerprint density at radius 3 is 1.87 bits per heavy atom. The molecule has 5 heteroatoms. The van der Waals surface area contributed by atoms with Gasteiger partial charge in [0, 0.05) is 19.4 Å². The molecule has 1 heterocycles. The summed E-state index contributed by atoms with van der Waals surface area (Å²) in [5, 5.41) is 0. The molecule has 2 unspecified atom stereocenters. The monoisotopic (exact) mass is 330 g/mol. The van der Waals surface area contributed by atoms with Crippen LogP contribution in [0.25, 0.3) is 0 Å². The molecular weight excluding hydrogens is 292 g/mol. The average Bonchev–Trinajstić information content (AvgIpc) is 2.84. The van der Waals surface area contributed by atoms with E-state index >= 15 is 0 Å². The van der Waals surface area contributed by atoms with E-state index in [4.69, 9.17) is 5.73 Å². The fourth-order valence-corrected chi connectivity index (χ4v) is 2.04. The number of carbonyl (C=O) groups excluding carboxylic acids is 3. The molecule has 5 nitrogen and oxygen atoms in total. The molecule has 0 radical (unpaired) electrons. The van der Waals surface area contributed by atoms with Gasteiger partial charge in [-0.3, -0.25) is 19.3 Å². The van der Waals surface area contributed by atoms with Gasteiger partial charge in [-0.05, 0) is 11.8 Å². The fourth-order valence-electron chi connectivity index (χ4n) is 2.04. The first-order chi connectivity index (χ1) is 10.8. The first-order valence-corrected chi connectivity index (χ1v) is 8.97. The zero-order valence-electron chi connectivity index (χ0n) is 16.6. The number of nitrogens with zero attached hydrogens (tertiary/aromatic N) is 1. The van der Waals surface area contributed by atoms with Crippen LogP contribution >= 0.6 is 0 Å². The lowest BCUT2D eigenvalue weighted by Crippen LogP contribution is -2.35. The van der Waals surface area contributed by atoms with Gasteiger partial charge in [0.15, 0.2) is 0 Å². The second-order valence-corrected chi connectivity index (χ2v) is 5.01. The third-order valence-corrected chi connectivity index (χ3v) is 3.55. The van der Waals surface area contributed by atoms with Crippen molar-refractivity contribution in [2.45, 2.75) is 75.2 Å². The van der Waals surface area contributed by atoms with Crippen LogP contribution in [0.3, 0.4) is 0 Å². The van der Waals surface area contributed by atoms with Crippen LogP contribution in [0.15, 0.2) is 0 Å². The number of carbonyl (C=O) groups is 3. The maximum Gasteiger partial charge on any atom is 0.233 e. The summed E-state index contributed by atoms with van der Waals surface area (Å²) in [6.07, 6.45) is 0.303. The van der Waals surface area contributed by atoms with Crippen LogP contribution in [-0.2, 0) is 14.4 Å². The molecular formula is C18H38N2O3. The molecule has 0 aromatic rings. The van der Waals surface area contributed by atoms with Crippen molar-refractivity contribution < 1.29 is 14.4 Å². The molecule has 3 amide bonds. The summed E-state index contributed by atoms with van der Waals surface area (Å²) in [6.45, 7) is 18.2. The Labute approximate surface area is 143 Å². The van der Waals surface area contributed by atoms with Gasteiger partial charge in [0.1, 0.15) is 0 Å². The number of nitrogens with two attached hydrogens (primary N) is 1. The molecule has 1 rings (SSSR count). The minimum Gasteiger partial charge on any atom is -0.370 e. The molecule has 1 aliphatic heterocycles. The second-order valence-electron chi connectivity index (χ2n) is 5.01. The van der Waals surface area contributed by atoms with E-state index in [0.29, 0.717) is 5.92 Å². The lowest BCUT2D eigenvalue weighted by molar-refractivity contribution is -0.140. The average molecular weight is 331 g/mol. The highest BCUT2D eigenvalue weighted by molar-refractivity contribution is 6.03. The normalized spacial score (nSPS) is 17.3. The van der Waals surface area contributed by atoms with Crippen molar-refractivity contribution in [1.82, 2.24) is 4.90 Å². The predicted molar refractivity (Wildman–Crippen MR) is 96.7 cm³/mol. The minimum absolute atomic E-state index is 0.0419. The van der Waals surface area contributed by atoms with Gasteiger partial charge >= 0.3 is 0 Å². The fraction of sp³-hybridized carbons (Fsp3) is 0.833. The maximum absolute atomic E-state index is 12.0. The highest BCUT2D eigenvalue weighted by Crippen LogP contribution is 2.30. The molecule has 138 valence electrons. The maximum atomic E-state index is 12.0. The van der Waals surface area contributed by atoms with E-state index in [1.165, 1.54) is 4.90 Å². The molecule has 2 atom stereocenters. The predicted octanol–water partition coefficient (Wildman–Crippen LogP) is 3.61. The Hall–Kier alpha value is -1.39. The van der Waals surface area contributed by atoms with E-state index in [-0.39, 0.29) is 43.0 Å². The zero-order valence-corrected chi connectivity index (χ0v) is 16.6. The van der Waals surface area contributed by atoms with Crippen LogP contribution in [0, 0.1) is 17.8 Å². The van der Waals surface area contributed by atoms with E-state index in [1.54, 1.807) is 0 Å². The van der Waals surface area contributed by atoms with Gasteiger partial charge in [0.2, 0.25) is 17.7 Å². The summed E-state index contributed by atoms with van der Waals surface area (Å²) >= 11 is 0. The summed E-state index contributed by atoms with van der Waals surface area (Å²) in [7, 11) is 0. The summed E-state index contributed by atoms with van der Waals surface area (Å²) in [5.74, 6) is -0.551. The molecule has 0 spiro atoms. The van der Waals surface area contributed by atoms with Crippen molar-refractivity contribution in [3.63, 3.8) is 0 Å². The van der Waals surface area contributed by atoms with E-state index in [0.717, 1.165) is 0 Å². The highest BCUT2D eigenvalue weighted by Gasteiger charge is 2.41. The topological polar surface area (TPSA) is 80.5 Å². The van der Waals surface area contributed by atoms with Crippen molar-refractivity contribution >= 4 is 17.7 Å². The molecule has 23 heavy (non-hydrogen) atoms. The standard InChI is InChI=1S/C12H20N2O3.3C2H6/c1-7(2)8(3)9-6-11(16)14(12(9)17)5-4-10(13)15;3*1-2/h7-9H,4-6H2,1-3H3,(H2,13,15);3*1-2H3. The minimum atomic E-state index is -0.494. The number of likely N-dealkylation sites (tertiary alicyclic amines) is 1. The lowest BCUT2D eigenvalue weighted by atomic mass is 9.84. The van der Waals surface area contributed by atoms with Crippen molar-refractivity contribution in [2.24, 2.45) is 23.5 Å². The first kappa shape index (κ1) is 26.5. The van der Waals surface area contributed by atoms with Gasteiger partial charge in [-0.1, -0.05) is 62.3 Å². The van der Waals surface area contributed by atoms with Gasteiger partial charge in [-0.15, -0.1) is 0 Å². The highest BCUT2D eigenvalue weighted by atomic mass is 16.2. The molecule has 1 fully saturated rings.